The van der Waals surface area contributed by atoms with Gasteiger partial charge in [0.1, 0.15) is 11.9 Å². The Morgan fingerprint density at radius 2 is 1.93 bits per heavy atom. The number of alkyl halides is 3. The summed E-state index contributed by atoms with van der Waals surface area (Å²) in [5.74, 6) is -2.20. The van der Waals surface area contributed by atoms with Gasteiger partial charge in [-0.3, -0.25) is 9.52 Å². The number of nitrogens with one attached hydrogen (secondary N) is 1. The third-order valence-electron chi connectivity index (χ3n) is 7.72. The number of rotatable bonds is 7. The number of halogens is 4. The van der Waals surface area contributed by atoms with Crippen molar-refractivity contribution < 1.29 is 35.9 Å². The molecule has 1 amide bonds. The van der Waals surface area contributed by atoms with E-state index in [1.165, 1.54) is 18.2 Å². The molecule has 5 rings (SSSR count). The molecule has 0 bridgehead atoms. The molecule has 0 radical (unpaired) electrons. The first kappa shape index (κ1) is 31.8. The Morgan fingerprint density at radius 1 is 1.18 bits per heavy atom. The van der Waals surface area contributed by atoms with Crippen molar-refractivity contribution in [2.45, 2.75) is 57.0 Å². The van der Waals surface area contributed by atoms with Gasteiger partial charge in [0.25, 0.3) is 5.91 Å². The second kappa shape index (κ2) is 12.0. The van der Waals surface area contributed by atoms with E-state index in [4.69, 9.17) is 32.2 Å². The van der Waals surface area contributed by atoms with Gasteiger partial charge < -0.3 is 20.3 Å². The van der Waals surface area contributed by atoms with Gasteiger partial charge in [-0.15, -0.1) is 0 Å². The molecule has 2 aliphatic heterocycles. The minimum Gasteiger partial charge on any atom is -0.453 e. The summed E-state index contributed by atoms with van der Waals surface area (Å²) in [7, 11) is -3.67. The molecule has 3 atom stereocenters. The number of ether oxygens (including phenoxy) is 1. The summed E-state index contributed by atoms with van der Waals surface area (Å²) in [6.45, 7) is 2.39. The Kier molecular flexibility index (Phi) is 8.70. The number of amides is 1. The molecular weight excluding hydrogens is 627 g/mol. The molecule has 0 saturated carbocycles. The van der Waals surface area contributed by atoms with Gasteiger partial charge in [0.05, 0.1) is 35.3 Å². The fourth-order valence-corrected chi connectivity index (χ4v) is 6.55. The lowest BCUT2D eigenvalue weighted by molar-refractivity contribution is -0.204. The van der Waals surface area contributed by atoms with Crippen LogP contribution >= 0.6 is 11.6 Å². The number of sulfonamides is 1. The van der Waals surface area contributed by atoms with Crippen LogP contribution in [0.25, 0.3) is 5.65 Å². The van der Waals surface area contributed by atoms with Gasteiger partial charge in [0.2, 0.25) is 10.0 Å². The Balaban J connectivity index is 1.44. The Bertz CT molecular complexity index is 1700. The van der Waals surface area contributed by atoms with Crippen molar-refractivity contribution in [2.24, 2.45) is 5.73 Å². The lowest BCUT2D eigenvalue weighted by Gasteiger charge is -2.35. The minimum absolute atomic E-state index is 0.0640. The average molecular weight is 658 g/mol. The molecule has 3 N–H and O–H groups in total. The highest BCUT2D eigenvalue weighted by Crippen LogP contribution is 2.35. The minimum atomic E-state index is -5.11. The number of fused-ring (bicyclic) bond motifs is 1. The van der Waals surface area contributed by atoms with Gasteiger partial charge in [-0.1, -0.05) is 11.6 Å². The van der Waals surface area contributed by atoms with Gasteiger partial charge in [0, 0.05) is 48.9 Å². The topological polar surface area (TPSA) is 152 Å². The van der Waals surface area contributed by atoms with Crippen molar-refractivity contribution in [3.05, 3.63) is 52.3 Å². The molecule has 44 heavy (non-hydrogen) atoms. The molecule has 17 heteroatoms. The monoisotopic (exact) mass is 657 g/mol. The van der Waals surface area contributed by atoms with Gasteiger partial charge in [-0.05, 0) is 44.4 Å². The maximum atomic E-state index is 13.8. The summed E-state index contributed by atoms with van der Waals surface area (Å²) >= 11 is 6.18. The number of hydrogen-bond acceptors (Lipinski definition) is 9. The molecule has 238 valence electrons. The highest BCUT2D eigenvalue weighted by molar-refractivity contribution is 7.92. The molecular formula is C27H31ClF3N7O5S. The number of esters is 1. The first-order chi connectivity index (χ1) is 20.7. The summed E-state index contributed by atoms with van der Waals surface area (Å²) in [6.07, 6.45) is -1.13. The van der Waals surface area contributed by atoms with Crippen LogP contribution in [0.2, 0.25) is 5.02 Å². The van der Waals surface area contributed by atoms with E-state index >= 15 is 0 Å². The van der Waals surface area contributed by atoms with Crippen LogP contribution in [0.15, 0.2) is 30.5 Å². The van der Waals surface area contributed by atoms with E-state index in [0.29, 0.717) is 35.7 Å². The summed E-state index contributed by atoms with van der Waals surface area (Å²) in [4.78, 5) is 33.4. The average Bonchev–Trinajstić information content (AvgIpc) is 3.55. The van der Waals surface area contributed by atoms with Gasteiger partial charge in [-0.2, -0.15) is 18.3 Å². The zero-order valence-electron chi connectivity index (χ0n) is 23.8. The van der Waals surface area contributed by atoms with Crippen LogP contribution in [-0.2, 0) is 19.6 Å². The van der Waals surface area contributed by atoms with E-state index in [0.717, 1.165) is 19.1 Å². The number of nitrogens with zero attached hydrogens (tertiary/aromatic N) is 5. The summed E-state index contributed by atoms with van der Waals surface area (Å²) in [5.41, 5.74) is 7.80. The number of piperidine rings is 1. The Morgan fingerprint density at radius 3 is 2.61 bits per heavy atom. The predicted molar refractivity (Wildman–Crippen MR) is 156 cm³/mol. The number of aryl methyl sites for hydroxylation is 1. The number of benzene rings is 1. The van der Waals surface area contributed by atoms with Crippen molar-refractivity contribution in [3.63, 3.8) is 0 Å². The van der Waals surface area contributed by atoms with E-state index in [1.807, 2.05) is 0 Å². The Labute approximate surface area is 256 Å². The van der Waals surface area contributed by atoms with Crippen LogP contribution in [0, 0.1) is 6.92 Å². The van der Waals surface area contributed by atoms with Crippen molar-refractivity contribution in [3.8, 4) is 0 Å². The van der Waals surface area contributed by atoms with Crippen molar-refractivity contribution in [1.82, 2.24) is 19.5 Å². The molecule has 2 fully saturated rings. The van der Waals surface area contributed by atoms with E-state index in [-0.39, 0.29) is 35.8 Å². The van der Waals surface area contributed by atoms with Crippen molar-refractivity contribution >= 4 is 50.7 Å². The SMILES string of the molecule is Cc1cn2nc([C@@H]3CCCCN3C(=O)c3cc(Cl)ccc3NS(C)(=O)=O)cc2nc1N1CCC(OC(=O)C(F)(F)F)[C@H]1CN. The number of aromatic nitrogens is 3. The highest BCUT2D eigenvalue weighted by Gasteiger charge is 2.46. The number of likely N-dealkylation sites (tertiary alicyclic amines) is 1. The molecule has 0 aliphatic carbocycles. The van der Waals surface area contributed by atoms with E-state index in [1.54, 1.807) is 33.5 Å². The van der Waals surface area contributed by atoms with E-state index < -0.39 is 46.3 Å². The highest BCUT2D eigenvalue weighted by atomic mass is 35.5. The fraction of sp³-hybridized carbons (Fsp3) is 0.481. The number of anilines is 2. The maximum absolute atomic E-state index is 13.8. The predicted octanol–water partition coefficient (Wildman–Crippen LogP) is 3.44. The molecule has 2 saturated heterocycles. The third-order valence-corrected chi connectivity index (χ3v) is 8.55. The summed E-state index contributed by atoms with van der Waals surface area (Å²) in [6, 6.07) is 4.94. The second-order valence-electron chi connectivity index (χ2n) is 10.9. The van der Waals surface area contributed by atoms with Gasteiger partial charge >= 0.3 is 12.1 Å². The fourth-order valence-electron chi connectivity index (χ4n) is 5.80. The molecule has 2 aromatic heterocycles. The van der Waals surface area contributed by atoms with E-state index in [2.05, 4.69) is 4.72 Å². The van der Waals surface area contributed by atoms with Crippen molar-refractivity contribution in [1.29, 1.82) is 0 Å². The quantitative estimate of drug-likeness (QED) is 0.364. The largest absolute Gasteiger partial charge is 0.490 e. The zero-order chi connectivity index (χ0) is 32.0. The number of carbonyl (C=O) groups excluding carboxylic acids is 2. The lowest BCUT2D eigenvalue weighted by Crippen LogP contribution is -2.45. The first-order valence-electron chi connectivity index (χ1n) is 13.9. The van der Waals surface area contributed by atoms with Gasteiger partial charge in [-0.25, -0.2) is 22.7 Å². The lowest BCUT2D eigenvalue weighted by atomic mass is 9.98. The number of hydrogen-bond donors (Lipinski definition) is 2. The van der Waals surface area contributed by atoms with Crippen LogP contribution < -0.4 is 15.4 Å². The molecule has 0 spiro atoms. The van der Waals surface area contributed by atoms with Crippen molar-refractivity contribution in [2.75, 3.05) is 35.5 Å². The van der Waals surface area contributed by atoms with Crippen LogP contribution in [0.1, 0.15) is 53.3 Å². The number of carbonyl (C=O) groups is 2. The maximum Gasteiger partial charge on any atom is 0.490 e. The van der Waals surface area contributed by atoms with Crippen LogP contribution in [0.5, 0.6) is 0 Å². The number of nitrogens with two attached hydrogens (primary N) is 1. The molecule has 4 heterocycles. The van der Waals surface area contributed by atoms with E-state index in [9.17, 15) is 31.2 Å². The summed E-state index contributed by atoms with van der Waals surface area (Å²) < 4.78 is 71.1. The molecule has 2 aliphatic rings. The smallest absolute Gasteiger partial charge is 0.453 e. The normalized spacial score (nSPS) is 21.1. The third kappa shape index (κ3) is 6.56. The van der Waals surface area contributed by atoms with Crippen LogP contribution in [0.4, 0.5) is 24.7 Å². The van der Waals surface area contributed by atoms with Crippen LogP contribution in [-0.4, -0.2) is 84.0 Å². The van der Waals surface area contributed by atoms with Crippen LogP contribution in [0.3, 0.4) is 0 Å². The standard InChI is InChI=1S/C27H31ClF3N7O5S/c1-15-14-38-23(33-24(15)36-10-8-22(21(36)13-32)43-26(40)27(29,30)31)12-19(34-38)20-5-3-4-9-37(20)25(39)17-11-16(28)6-7-18(17)35-44(2,41)42/h6-7,11-12,14,20-22,35H,3-5,8-10,13,32H2,1-2H3/t20-,21+,22?/m0/s1. The Hall–Kier alpha value is -3.63. The second-order valence-corrected chi connectivity index (χ2v) is 13.1. The van der Waals surface area contributed by atoms with Gasteiger partial charge in [0.15, 0.2) is 5.65 Å². The molecule has 1 aromatic carbocycles. The first-order valence-corrected chi connectivity index (χ1v) is 16.1. The molecule has 3 aromatic rings. The summed E-state index contributed by atoms with van der Waals surface area (Å²) in [5, 5.41) is 4.97. The zero-order valence-corrected chi connectivity index (χ0v) is 25.4. The molecule has 12 nitrogen and oxygen atoms in total. The molecule has 1 unspecified atom stereocenters.